The zero-order chi connectivity index (χ0) is 13.4. The van der Waals surface area contributed by atoms with Crippen LogP contribution in [0.1, 0.15) is 29.7 Å². The van der Waals surface area contributed by atoms with Gasteiger partial charge in [-0.3, -0.25) is 0 Å². The van der Waals surface area contributed by atoms with Crippen molar-refractivity contribution in [3.63, 3.8) is 0 Å². The molecule has 2 atom stereocenters. The molecule has 0 aromatic heterocycles. The van der Waals surface area contributed by atoms with Gasteiger partial charge in [-0.25, -0.2) is 4.39 Å². The van der Waals surface area contributed by atoms with Crippen LogP contribution in [0, 0.1) is 5.82 Å². The first-order valence-corrected chi connectivity index (χ1v) is 6.90. The summed E-state index contributed by atoms with van der Waals surface area (Å²) in [6.07, 6.45) is 0.552. The van der Waals surface area contributed by atoms with Crippen LogP contribution in [0.25, 0.3) is 0 Å². The molecule has 2 aromatic carbocycles. The third kappa shape index (κ3) is 2.51. The van der Waals surface area contributed by atoms with E-state index in [9.17, 15) is 4.39 Å². The second-order valence-corrected chi connectivity index (χ2v) is 5.60. The van der Waals surface area contributed by atoms with Crippen LogP contribution in [0.2, 0.25) is 0 Å². The molecule has 2 nitrogen and oxygen atoms in total. The molecule has 19 heavy (non-hydrogen) atoms. The zero-order valence-electron chi connectivity index (χ0n) is 10.1. The largest absolute Gasteiger partial charge is 0.485 e. The summed E-state index contributed by atoms with van der Waals surface area (Å²) in [6, 6.07) is 12.3. The Morgan fingerprint density at radius 2 is 2.05 bits per heavy atom. The van der Waals surface area contributed by atoms with Gasteiger partial charge in [0, 0.05) is 28.6 Å². The molecule has 1 unspecified atom stereocenters. The molecule has 0 amide bonds. The fraction of sp³-hybridized carbons (Fsp3) is 0.200. The first kappa shape index (κ1) is 12.6. The van der Waals surface area contributed by atoms with E-state index in [-0.39, 0.29) is 18.0 Å². The van der Waals surface area contributed by atoms with Gasteiger partial charge in [0.1, 0.15) is 17.7 Å². The maximum absolute atomic E-state index is 13.3. The summed E-state index contributed by atoms with van der Waals surface area (Å²) >= 11 is 3.44. The predicted octanol–water partition coefficient (Wildman–Crippen LogP) is 4.11. The van der Waals surface area contributed by atoms with Crippen LogP contribution in [-0.4, -0.2) is 0 Å². The van der Waals surface area contributed by atoms with Gasteiger partial charge in [-0.1, -0.05) is 34.1 Å². The van der Waals surface area contributed by atoms with E-state index in [2.05, 4.69) is 15.9 Å². The van der Waals surface area contributed by atoms with Gasteiger partial charge in [0.05, 0.1) is 0 Å². The molecular weight excluding hydrogens is 309 g/mol. The molecule has 1 aliphatic rings. The molecule has 1 aliphatic heterocycles. The van der Waals surface area contributed by atoms with Gasteiger partial charge in [0.25, 0.3) is 0 Å². The van der Waals surface area contributed by atoms with Crippen LogP contribution in [0.5, 0.6) is 5.75 Å². The Morgan fingerprint density at radius 1 is 1.21 bits per heavy atom. The van der Waals surface area contributed by atoms with E-state index >= 15 is 0 Å². The quantitative estimate of drug-likeness (QED) is 0.857. The molecule has 0 radical (unpaired) electrons. The normalized spacial score (nSPS) is 21.6. The third-order valence-electron chi connectivity index (χ3n) is 3.33. The van der Waals surface area contributed by atoms with Gasteiger partial charge >= 0.3 is 0 Å². The third-order valence-corrected chi connectivity index (χ3v) is 3.83. The molecule has 0 bridgehead atoms. The van der Waals surface area contributed by atoms with Crippen molar-refractivity contribution in [2.24, 2.45) is 5.73 Å². The van der Waals surface area contributed by atoms with Crippen molar-refractivity contribution in [3.8, 4) is 5.75 Å². The van der Waals surface area contributed by atoms with E-state index in [1.165, 1.54) is 12.1 Å². The van der Waals surface area contributed by atoms with E-state index in [1.807, 2.05) is 24.3 Å². The Labute approximate surface area is 119 Å². The molecule has 98 valence electrons. The number of fused-ring (bicyclic) bond motifs is 1. The highest BCUT2D eigenvalue weighted by Gasteiger charge is 2.27. The highest BCUT2D eigenvalue weighted by atomic mass is 79.9. The molecule has 0 aliphatic carbocycles. The van der Waals surface area contributed by atoms with Crippen molar-refractivity contribution >= 4 is 15.9 Å². The van der Waals surface area contributed by atoms with Crippen molar-refractivity contribution in [2.45, 2.75) is 18.6 Å². The van der Waals surface area contributed by atoms with Crippen LogP contribution >= 0.6 is 15.9 Å². The van der Waals surface area contributed by atoms with Crippen molar-refractivity contribution < 1.29 is 9.13 Å². The van der Waals surface area contributed by atoms with Crippen LogP contribution < -0.4 is 10.5 Å². The Hall–Kier alpha value is -1.39. The van der Waals surface area contributed by atoms with Crippen LogP contribution in [0.4, 0.5) is 4.39 Å². The highest BCUT2D eigenvalue weighted by molar-refractivity contribution is 9.10. The molecule has 0 saturated heterocycles. The smallest absolute Gasteiger partial charge is 0.127 e. The number of rotatable bonds is 1. The SMILES string of the molecule is N[C@H]1CC(c2cccc(Br)c2)Oc2cc(F)ccc21. The maximum Gasteiger partial charge on any atom is 0.127 e. The molecule has 0 spiro atoms. The average Bonchev–Trinajstić information content (AvgIpc) is 2.38. The average molecular weight is 322 g/mol. The van der Waals surface area contributed by atoms with E-state index in [0.717, 1.165) is 15.6 Å². The summed E-state index contributed by atoms with van der Waals surface area (Å²) in [5, 5.41) is 0. The molecular formula is C15H13BrFNO. The number of hydrogen-bond donors (Lipinski definition) is 1. The van der Waals surface area contributed by atoms with Crippen LogP contribution in [-0.2, 0) is 0 Å². The van der Waals surface area contributed by atoms with Crippen molar-refractivity contribution in [1.29, 1.82) is 0 Å². The number of benzene rings is 2. The van der Waals surface area contributed by atoms with Gasteiger partial charge in [0.2, 0.25) is 0 Å². The first-order valence-electron chi connectivity index (χ1n) is 6.10. The summed E-state index contributed by atoms with van der Waals surface area (Å²) < 4.78 is 20.2. The fourth-order valence-electron chi connectivity index (χ4n) is 2.39. The number of nitrogens with two attached hydrogens (primary N) is 1. The molecule has 0 fully saturated rings. The lowest BCUT2D eigenvalue weighted by atomic mass is 9.93. The molecule has 3 rings (SSSR count). The minimum atomic E-state index is -0.305. The Morgan fingerprint density at radius 3 is 2.84 bits per heavy atom. The lowest BCUT2D eigenvalue weighted by Gasteiger charge is -2.30. The van der Waals surface area contributed by atoms with Crippen LogP contribution in [0.3, 0.4) is 0 Å². The van der Waals surface area contributed by atoms with E-state index in [1.54, 1.807) is 6.07 Å². The second kappa shape index (κ2) is 4.94. The highest BCUT2D eigenvalue weighted by Crippen LogP contribution is 2.40. The van der Waals surface area contributed by atoms with Gasteiger partial charge in [-0.2, -0.15) is 0 Å². The minimum absolute atomic E-state index is 0.131. The second-order valence-electron chi connectivity index (χ2n) is 4.69. The molecule has 0 saturated carbocycles. The van der Waals surface area contributed by atoms with Crippen LogP contribution in [0.15, 0.2) is 46.9 Å². The van der Waals surface area contributed by atoms with Crippen molar-refractivity contribution in [3.05, 3.63) is 63.9 Å². The van der Waals surface area contributed by atoms with Gasteiger partial charge in [-0.15, -0.1) is 0 Å². The summed E-state index contributed by atoms with van der Waals surface area (Å²) in [4.78, 5) is 0. The molecule has 2 N–H and O–H groups in total. The Bertz CT molecular complexity index is 617. The standard InChI is InChI=1S/C15H13BrFNO/c16-10-3-1-2-9(6-10)14-8-13(18)12-5-4-11(17)7-15(12)19-14/h1-7,13-14H,8,18H2/t13-,14?/m0/s1. The van der Waals surface area contributed by atoms with E-state index in [0.29, 0.717) is 12.2 Å². The first-order chi connectivity index (χ1) is 9.13. The fourth-order valence-corrected chi connectivity index (χ4v) is 2.80. The zero-order valence-corrected chi connectivity index (χ0v) is 11.7. The summed E-state index contributed by atoms with van der Waals surface area (Å²) in [5.74, 6) is 0.240. The topological polar surface area (TPSA) is 35.2 Å². The lowest BCUT2D eigenvalue weighted by Crippen LogP contribution is -2.24. The van der Waals surface area contributed by atoms with Gasteiger partial charge in [-0.05, 0) is 23.8 Å². The monoisotopic (exact) mass is 321 g/mol. The number of ether oxygens (including phenoxy) is 1. The Balaban J connectivity index is 1.96. The summed E-state index contributed by atoms with van der Waals surface area (Å²) in [6.45, 7) is 0. The summed E-state index contributed by atoms with van der Waals surface area (Å²) in [7, 11) is 0. The van der Waals surface area contributed by atoms with Crippen molar-refractivity contribution in [1.82, 2.24) is 0 Å². The van der Waals surface area contributed by atoms with E-state index in [4.69, 9.17) is 10.5 Å². The van der Waals surface area contributed by atoms with E-state index < -0.39 is 0 Å². The van der Waals surface area contributed by atoms with Gasteiger partial charge < -0.3 is 10.5 Å². The summed E-state index contributed by atoms with van der Waals surface area (Å²) in [5.41, 5.74) is 8.06. The lowest BCUT2D eigenvalue weighted by molar-refractivity contribution is 0.160. The molecule has 1 heterocycles. The molecule has 2 aromatic rings. The minimum Gasteiger partial charge on any atom is -0.485 e. The van der Waals surface area contributed by atoms with Crippen molar-refractivity contribution in [2.75, 3.05) is 0 Å². The Kier molecular flexibility index (Phi) is 3.29. The maximum atomic E-state index is 13.3. The number of hydrogen-bond acceptors (Lipinski definition) is 2. The predicted molar refractivity (Wildman–Crippen MR) is 75.5 cm³/mol. The van der Waals surface area contributed by atoms with Gasteiger partial charge in [0.15, 0.2) is 0 Å². The number of halogens is 2. The molecule has 4 heteroatoms.